The number of hydrazine groups is 1. The molecule has 0 aliphatic carbocycles. The maximum absolute atomic E-state index is 11.8. The first-order valence-electron chi connectivity index (χ1n) is 7.09. The lowest BCUT2D eigenvalue weighted by Crippen LogP contribution is -2.42. The Bertz CT molecular complexity index is 779. The van der Waals surface area contributed by atoms with Gasteiger partial charge in [0.05, 0.1) is 5.69 Å². The minimum Gasteiger partial charge on any atom is -0.271 e. The predicted molar refractivity (Wildman–Crippen MR) is 93.5 cm³/mol. The van der Waals surface area contributed by atoms with Crippen LogP contribution in [0.2, 0.25) is 10.0 Å². The van der Waals surface area contributed by atoms with Crippen LogP contribution in [0.25, 0.3) is 6.08 Å². The van der Waals surface area contributed by atoms with Crippen molar-refractivity contribution in [3.8, 4) is 0 Å². The lowest BCUT2D eigenvalue weighted by Gasteiger charge is -2.07. The third-order valence-corrected chi connectivity index (χ3v) is 3.78. The van der Waals surface area contributed by atoms with Crippen molar-refractivity contribution >= 4 is 41.1 Å². The lowest BCUT2D eigenvalue weighted by molar-refractivity contribution is -0.127. The van der Waals surface area contributed by atoms with E-state index < -0.39 is 11.8 Å². The van der Waals surface area contributed by atoms with Crippen molar-refractivity contribution in [2.24, 2.45) is 0 Å². The molecule has 1 aromatic heterocycles. The molecule has 0 unspecified atom stereocenters. The van der Waals surface area contributed by atoms with Crippen LogP contribution >= 0.6 is 23.2 Å². The van der Waals surface area contributed by atoms with E-state index in [-0.39, 0.29) is 6.54 Å². The summed E-state index contributed by atoms with van der Waals surface area (Å²) >= 11 is 12.0. The summed E-state index contributed by atoms with van der Waals surface area (Å²) in [5.41, 5.74) is 6.82. The second-order valence-corrected chi connectivity index (χ2v) is 5.91. The Labute approximate surface area is 149 Å². The standard InChI is InChI=1S/C16H16Cl2N4O2/c1-10-8-11(2)22(21-10)9-16(24)20-19-15(23)7-6-12-13(17)4-3-5-14(12)18/h3-8H,9H2,1-2H3,(H,19,23)(H,20,24)/b7-6+. The van der Waals surface area contributed by atoms with E-state index in [1.165, 1.54) is 12.2 Å². The first-order valence-corrected chi connectivity index (χ1v) is 7.84. The van der Waals surface area contributed by atoms with Crippen molar-refractivity contribution in [3.63, 3.8) is 0 Å². The van der Waals surface area contributed by atoms with Crippen molar-refractivity contribution < 1.29 is 9.59 Å². The molecule has 0 radical (unpaired) electrons. The molecule has 2 rings (SSSR count). The monoisotopic (exact) mass is 366 g/mol. The van der Waals surface area contributed by atoms with E-state index in [0.29, 0.717) is 15.6 Å². The zero-order valence-corrected chi connectivity index (χ0v) is 14.6. The summed E-state index contributed by atoms with van der Waals surface area (Å²) in [6.45, 7) is 3.70. The highest BCUT2D eigenvalue weighted by molar-refractivity contribution is 6.37. The van der Waals surface area contributed by atoms with E-state index in [2.05, 4.69) is 16.0 Å². The second-order valence-electron chi connectivity index (χ2n) is 5.09. The van der Waals surface area contributed by atoms with Crippen LogP contribution in [0.1, 0.15) is 17.0 Å². The van der Waals surface area contributed by atoms with Gasteiger partial charge in [-0.25, -0.2) is 0 Å². The first-order chi connectivity index (χ1) is 11.4. The van der Waals surface area contributed by atoms with Crippen LogP contribution in [0.15, 0.2) is 30.3 Å². The molecule has 0 atom stereocenters. The average Bonchev–Trinajstić information content (AvgIpc) is 2.82. The number of aromatic nitrogens is 2. The Kier molecular flexibility index (Phi) is 6.00. The topological polar surface area (TPSA) is 76.0 Å². The SMILES string of the molecule is Cc1cc(C)n(CC(=O)NNC(=O)/C=C/c2c(Cl)cccc2Cl)n1. The Hall–Kier alpha value is -2.31. The quantitative estimate of drug-likeness (QED) is 0.645. The molecule has 8 heteroatoms. The highest BCUT2D eigenvalue weighted by Crippen LogP contribution is 2.25. The Morgan fingerprint density at radius 2 is 1.88 bits per heavy atom. The zero-order chi connectivity index (χ0) is 17.7. The van der Waals surface area contributed by atoms with Gasteiger partial charge in [0.15, 0.2) is 0 Å². The molecule has 24 heavy (non-hydrogen) atoms. The fourth-order valence-electron chi connectivity index (χ4n) is 2.01. The van der Waals surface area contributed by atoms with E-state index in [4.69, 9.17) is 23.2 Å². The van der Waals surface area contributed by atoms with Crippen molar-refractivity contribution in [2.45, 2.75) is 20.4 Å². The maximum atomic E-state index is 11.8. The van der Waals surface area contributed by atoms with Gasteiger partial charge >= 0.3 is 0 Å². The summed E-state index contributed by atoms with van der Waals surface area (Å²) in [5, 5.41) is 5.03. The number of rotatable bonds is 4. The Morgan fingerprint density at radius 1 is 1.21 bits per heavy atom. The Morgan fingerprint density at radius 3 is 2.46 bits per heavy atom. The molecule has 0 aliphatic heterocycles. The molecule has 1 heterocycles. The third kappa shape index (κ3) is 4.84. The number of hydrogen-bond donors (Lipinski definition) is 2. The Balaban J connectivity index is 1.88. The summed E-state index contributed by atoms with van der Waals surface area (Å²) in [7, 11) is 0. The van der Waals surface area contributed by atoms with E-state index in [1.54, 1.807) is 22.9 Å². The number of hydrogen-bond acceptors (Lipinski definition) is 3. The van der Waals surface area contributed by atoms with Gasteiger partial charge in [-0.1, -0.05) is 29.3 Å². The number of amides is 2. The minimum absolute atomic E-state index is 0.0139. The molecule has 2 aromatic rings. The van der Waals surface area contributed by atoms with Gasteiger partial charge in [0.2, 0.25) is 0 Å². The van der Waals surface area contributed by atoms with Gasteiger partial charge < -0.3 is 0 Å². The summed E-state index contributed by atoms with van der Waals surface area (Å²) in [6.07, 6.45) is 2.71. The molecule has 2 N–H and O–H groups in total. The van der Waals surface area contributed by atoms with Crippen LogP contribution in [0, 0.1) is 13.8 Å². The fraction of sp³-hybridized carbons (Fsp3) is 0.188. The smallest absolute Gasteiger partial charge is 0.262 e. The van der Waals surface area contributed by atoms with Gasteiger partial charge in [-0.2, -0.15) is 5.10 Å². The average molecular weight is 367 g/mol. The molecule has 0 spiro atoms. The molecule has 0 saturated heterocycles. The molecular formula is C16H16Cl2N4O2. The van der Waals surface area contributed by atoms with E-state index >= 15 is 0 Å². The van der Waals surface area contributed by atoms with Gasteiger partial charge in [-0.3, -0.25) is 25.1 Å². The van der Waals surface area contributed by atoms with Crippen molar-refractivity contribution in [2.75, 3.05) is 0 Å². The number of halogens is 2. The van der Waals surface area contributed by atoms with E-state index in [9.17, 15) is 9.59 Å². The van der Waals surface area contributed by atoms with Crippen LogP contribution < -0.4 is 10.9 Å². The zero-order valence-electron chi connectivity index (χ0n) is 13.1. The van der Waals surface area contributed by atoms with Crippen LogP contribution in [0.5, 0.6) is 0 Å². The molecule has 0 aliphatic rings. The molecule has 0 saturated carbocycles. The number of carbonyl (C=O) groups excluding carboxylic acids is 2. The summed E-state index contributed by atoms with van der Waals surface area (Å²) in [6, 6.07) is 6.91. The molecule has 0 fully saturated rings. The number of carbonyl (C=O) groups is 2. The predicted octanol–water partition coefficient (Wildman–Crippen LogP) is 2.67. The number of benzene rings is 1. The number of nitrogens with one attached hydrogen (secondary N) is 2. The molecule has 1 aromatic carbocycles. The highest BCUT2D eigenvalue weighted by atomic mass is 35.5. The summed E-state index contributed by atoms with van der Waals surface area (Å²) in [4.78, 5) is 23.6. The van der Waals surface area contributed by atoms with Gasteiger partial charge in [0, 0.05) is 27.4 Å². The number of nitrogens with zero attached hydrogens (tertiary/aromatic N) is 2. The normalized spacial score (nSPS) is 10.8. The maximum Gasteiger partial charge on any atom is 0.262 e. The van der Waals surface area contributed by atoms with Gasteiger partial charge in [-0.05, 0) is 38.1 Å². The molecule has 6 nitrogen and oxygen atoms in total. The minimum atomic E-state index is -0.507. The van der Waals surface area contributed by atoms with Crippen molar-refractivity contribution in [3.05, 3.63) is 57.3 Å². The molecule has 2 amide bonds. The number of aryl methyl sites for hydroxylation is 2. The molecule has 126 valence electrons. The van der Waals surface area contributed by atoms with Crippen LogP contribution in [0.3, 0.4) is 0 Å². The van der Waals surface area contributed by atoms with Gasteiger partial charge in [-0.15, -0.1) is 0 Å². The van der Waals surface area contributed by atoms with Crippen LogP contribution in [-0.2, 0) is 16.1 Å². The highest BCUT2D eigenvalue weighted by Gasteiger charge is 2.08. The largest absolute Gasteiger partial charge is 0.271 e. The summed E-state index contributed by atoms with van der Waals surface area (Å²) < 4.78 is 1.55. The second kappa shape index (κ2) is 7.99. The van der Waals surface area contributed by atoms with Crippen molar-refractivity contribution in [1.82, 2.24) is 20.6 Å². The van der Waals surface area contributed by atoms with Crippen LogP contribution in [0.4, 0.5) is 0 Å². The molecule has 0 bridgehead atoms. The van der Waals surface area contributed by atoms with Gasteiger partial charge in [0.25, 0.3) is 11.8 Å². The van der Waals surface area contributed by atoms with Crippen LogP contribution in [-0.4, -0.2) is 21.6 Å². The van der Waals surface area contributed by atoms with Crippen molar-refractivity contribution in [1.29, 1.82) is 0 Å². The summed E-state index contributed by atoms with van der Waals surface area (Å²) in [5.74, 6) is -0.897. The third-order valence-electron chi connectivity index (χ3n) is 3.12. The fourth-order valence-corrected chi connectivity index (χ4v) is 2.54. The van der Waals surface area contributed by atoms with Gasteiger partial charge in [0.1, 0.15) is 6.54 Å². The molecular weight excluding hydrogens is 351 g/mol. The van der Waals surface area contributed by atoms with E-state index in [0.717, 1.165) is 11.4 Å². The lowest BCUT2D eigenvalue weighted by atomic mass is 10.2. The van der Waals surface area contributed by atoms with E-state index in [1.807, 2.05) is 19.9 Å². The first kappa shape index (κ1) is 18.0.